The minimum absolute atomic E-state index is 0.0817. The summed E-state index contributed by atoms with van der Waals surface area (Å²) in [6, 6.07) is 20.4. The third-order valence-corrected chi connectivity index (χ3v) is 5.95. The minimum Gasteiger partial charge on any atom is -0.422 e. The molecule has 0 spiro atoms. The lowest BCUT2D eigenvalue weighted by Crippen LogP contribution is -2.12. The van der Waals surface area contributed by atoms with E-state index in [0.717, 1.165) is 11.1 Å². The first kappa shape index (κ1) is 20.5. The fraction of sp³-hybridized carbons (Fsp3) is 0.130. The van der Waals surface area contributed by atoms with Crippen molar-refractivity contribution in [1.29, 1.82) is 0 Å². The average molecular weight is 407 g/mol. The Morgan fingerprint density at radius 1 is 0.862 bits per heavy atom. The number of ether oxygens (including phenoxy) is 1. The molecule has 0 aromatic heterocycles. The van der Waals surface area contributed by atoms with E-state index in [9.17, 15) is 13.8 Å². The Balaban J connectivity index is 1.95. The van der Waals surface area contributed by atoms with Gasteiger partial charge in [0, 0.05) is 11.2 Å². The molecule has 0 saturated heterocycles. The maximum atomic E-state index is 12.9. The molecule has 1 unspecified atom stereocenters. The zero-order valence-electron chi connectivity index (χ0n) is 16.4. The van der Waals surface area contributed by atoms with Crippen LogP contribution in [0.15, 0.2) is 82.1 Å². The van der Waals surface area contributed by atoms with Crippen LogP contribution in [0.1, 0.15) is 31.8 Å². The van der Waals surface area contributed by atoms with Gasteiger partial charge in [0.1, 0.15) is 5.75 Å². The molecule has 6 heteroatoms. The van der Waals surface area contributed by atoms with Crippen molar-refractivity contribution >= 4 is 21.6 Å². The van der Waals surface area contributed by atoms with Crippen molar-refractivity contribution in [1.82, 2.24) is 0 Å². The molecule has 3 rings (SSSR count). The number of carbonyl (C=O) groups is 2. The van der Waals surface area contributed by atoms with Crippen LogP contribution in [0, 0.1) is 13.8 Å². The predicted octanol–water partition coefficient (Wildman–Crippen LogP) is 4.82. The Bertz CT molecular complexity index is 1180. The summed E-state index contributed by atoms with van der Waals surface area (Å²) in [6.07, 6.45) is 1.41. The smallest absolute Gasteiger partial charge is 0.343 e. The number of esters is 1. The van der Waals surface area contributed by atoms with Crippen LogP contribution in [0.4, 0.5) is 0 Å². The van der Waals surface area contributed by atoms with Crippen LogP contribution in [0.25, 0.3) is 0 Å². The van der Waals surface area contributed by atoms with Crippen molar-refractivity contribution < 1.29 is 18.5 Å². The molecule has 0 aliphatic carbocycles. The van der Waals surface area contributed by atoms with E-state index in [1.54, 1.807) is 72.8 Å². The van der Waals surface area contributed by atoms with Crippen molar-refractivity contribution in [2.45, 2.75) is 18.7 Å². The topological polar surface area (TPSA) is 72.8 Å². The highest BCUT2D eigenvalue weighted by Gasteiger charge is 2.18. The van der Waals surface area contributed by atoms with Crippen LogP contribution >= 0.6 is 0 Å². The lowest BCUT2D eigenvalue weighted by atomic mass is 10.1. The van der Waals surface area contributed by atoms with Crippen molar-refractivity contribution in [3.8, 4) is 5.75 Å². The van der Waals surface area contributed by atoms with E-state index in [4.69, 9.17) is 4.74 Å². The second kappa shape index (κ2) is 8.41. The highest BCUT2D eigenvalue weighted by Crippen LogP contribution is 2.24. The number of hydrogen-bond donors (Lipinski definition) is 0. The van der Waals surface area contributed by atoms with Gasteiger partial charge in [-0.25, -0.2) is 9.00 Å². The van der Waals surface area contributed by atoms with Gasteiger partial charge >= 0.3 is 5.97 Å². The van der Waals surface area contributed by atoms with Crippen LogP contribution in [0.3, 0.4) is 0 Å². The van der Waals surface area contributed by atoms with Crippen molar-refractivity contribution in [2.24, 2.45) is 4.36 Å². The third kappa shape index (κ3) is 4.97. The summed E-state index contributed by atoms with van der Waals surface area (Å²) in [5.41, 5.74) is 2.28. The summed E-state index contributed by atoms with van der Waals surface area (Å²) >= 11 is 0. The van der Waals surface area contributed by atoms with Gasteiger partial charge in [0.05, 0.1) is 20.9 Å². The van der Waals surface area contributed by atoms with Gasteiger partial charge < -0.3 is 4.74 Å². The summed E-state index contributed by atoms with van der Waals surface area (Å²) in [5.74, 6) is -1.20. The Hall–Kier alpha value is -3.25. The van der Waals surface area contributed by atoms with Gasteiger partial charge in [-0.05, 0) is 50.2 Å². The maximum Gasteiger partial charge on any atom is 0.343 e. The number of benzene rings is 3. The van der Waals surface area contributed by atoms with Gasteiger partial charge in [-0.2, -0.15) is 4.36 Å². The lowest BCUT2D eigenvalue weighted by molar-refractivity contribution is 0.0732. The molecule has 0 saturated carbocycles. The minimum atomic E-state index is -2.94. The molecule has 0 bridgehead atoms. The number of amides is 1. The van der Waals surface area contributed by atoms with E-state index in [-0.39, 0.29) is 11.3 Å². The van der Waals surface area contributed by atoms with Crippen LogP contribution < -0.4 is 4.74 Å². The molecule has 3 aromatic carbocycles. The standard InChI is InChI=1S/C23H21NO4S/c1-16-9-12-18(13-10-16)23(26)28-21-14-11-17(2)15-20(21)22(25)24-29(3,27)19-7-5-4-6-8-19/h4-15H,1-3H3. The van der Waals surface area contributed by atoms with E-state index < -0.39 is 21.6 Å². The second-order valence-electron chi connectivity index (χ2n) is 6.77. The largest absolute Gasteiger partial charge is 0.422 e. The fourth-order valence-corrected chi connectivity index (χ4v) is 3.86. The van der Waals surface area contributed by atoms with Gasteiger partial charge in [-0.15, -0.1) is 0 Å². The first-order valence-corrected chi connectivity index (χ1v) is 10.9. The SMILES string of the molecule is Cc1ccc(C(=O)Oc2ccc(C)cc2C(=O)N=S(C)(=O)c2ccccc2)cc1. The Morgan fingerprint density at radius 3 is 2.14 bits per heavy atom. The summed E-state index contributed by atoms with van der Waals surface area (Å²) in [7, 11) is -2.94. The molecule has 29 heavy (non-hydrogen) atoms. The average Bonchev–Trinajstić information content (AvgIpc) is 2.70. The lowest BCUT2D eigenvalue weighted by Gasteiger charge is -2.10. The van der Waals surface area contributed by atoms with Crippen molar-refractivity contribution in [3.63, 3.8) is 0 Å². The number of hydrogen-bond acceptors (Lipinski definition) is 4. The van der Waals surface area contributed by atoms with E-state index in [1.165, 1.54) is 6.26 Å². The summed E-state index contributed by atoms with van der Waals surface area (Å²) in [6.45, 7) is 3.73. The first-order valence-electron chi connectivity index (χ1n) is 8.97. The number of carbonyl (C=O) groups excluding carboxylic acids is 2. The molecule has 0 heterocycles. The van der Waals surface area contributed by atoms with E-state index in [1.807, 2.05) is 13.8 Å². The van der Waals surface area contributed by atoms with E-state index in [2.05, 4.69) is 4.36 Å². The summed E-state index contributed by atoms with van der Waals surface area (Å²) in [4.78, 5) is 25.8. The molecule has 0 aliphatic rings. The Morgan fingerprint density at radius 2 is 1.48 bits per heavy atom. The first-order chi connectivity index (χ1) is 13.8. The number of aryl methyl sites for hydroxylation is 2. The highest BCUT2D eigenvalue weighted by atomic mass is 32.2. The third-order valence-electron chi connectivity index (χ3n) is 4.29. The molecule has 3 aromatic rings. The molecule has 1 amide bonds. The molecule has 148 valence electrons. The highest BCUT2D eigenvalue weighted by molar-refractivity contribution is 7.93. The quantitative estimate of drug-likeness (QED) is 0.459. The summed E-state index contributed by atoms with van der Waals surface area (Å²) in [5, 5.41) is 0. The van der Waals surface area contributed by atoms with Crippen LogP contribution in [-0.4, -0.2) is 22.3 Å². The molecule has 0 aliphatic heterocycles. The molecule has 0 fully saturated rings. The molecule has 1 atom stereocenters. The van der Waals surface area contributed by atoms with E-state index in [0.29, 0.717) is 10.5 Å². The zero-order valence-corrected chi connectivity index (χ0v) is 17.2. The predicted molar refractivity (Wildman–Crippen MR) is 113 cm³/mol. The molecule has 5 nitrogen and oxygen atoms in total. The van der Waals surface area contributed by atoms with E-state index >= 15 is 0 Å². The molecule has 0 radical (unpaired) electrons. The second-order valence-corrected chi connectivity index (χ2v) is 9.03. The Kier molecular flexibility index (Phi) is 5.94. The molecule has 0 N–H and O–H groups in total. The van der Waals surface area contributed by atoms with Crippen LogP contribution in [0.5, 0.6) is 5.75 Å². The maximum absolute atomic E-state index is 12.9. The van der Waals surface area contributed by atoms with Crippen molar-refractivity contribution in [2.75, 3.05) is 6.26 Å². The van der Waals surface area contributed by atoms with Gasteiger partial charge in [-0.1, -0.05) is 47.5 Å². The van der Waals surface area contributed by atoms with Crippen molar-refractivity contribution in [3.05, 3.63) is 95.1 Å². The fourth-order valence-electron chi connectivity index (χ4n) is 2.68. The number of rotatable bonds is 4. The van der Waals surface area contributed by atoms with Gasteiger partial charge in [0.15, 0.2) is 0 Å². The molecular weight excluding hydrogens is 386 g/mol. The van der Waals surface area contributed by atoms with Gasteiger partial charge in [0.2, 0.25) is 0 Å². The van der Waals surface area contributed by atoms with Gasteiger partial charge in [-0.3, -0.25) is 4.79 Å². The van der Waals surface area contributed by atoms with Crippen LogP contribution in [0.2, 0.25) is 0 Å². The zero-order chi connectivity index (χ0) is 21.0. The summed E-state index contributed by atoms with van der Waals surface area (Å²) < 4.78 is 22.3. The van der Waals surface area contributed by atoms with Crippen LogP contribution in [-0.2, 0) is 9.73 Å². The molecular formula is C23H21NO4S. The monoisotopic (exact) mass is 407 g/mol. The van der Waals surface area contributed by atoms with Gasteiger partial charge in [0.25, 0.3) is 5.91 Å². The number of nitrogens with zero attached hydrogens (tertiary/aromatic N) is 1. The Labute approximate surface area is 170 Å². The normalized spacial score (nSPS) is 12.7.